The first-order chi connectivity index (χ1) is 16.6. The summed E-state index contributed by atoms with van der Waals surface area (Å²) in [7, 11) is 0. The van der Waals surface area contributed by atoms with Gasteiger partial charge in [0.25, 0.3) is 0 Å². The van der Waals surface area contributed by atoms with E-state index in [-0.39, 0.29) is 17.1 Å². The van der Waals surface area contributed by atoms with E-state index in [0.717, 1.165) is 57.3 Å². The van der Waals surface area contributed by atoms with Gasteiger partial charge in [-0.3, -0.25) is 0 Å². The van der Waals surface area contributed by atoms with Gasteiger partial charge in [0.2, 0.25) is 0 Å². The summed E-state index contributed by atoms with van der Waals surface area (Å²) in [6, 6.07) is 5.72. The normalized spacial score (nSPS) is 18.4. The predicted octanol–water partition coefficient (Wildman–Crippen LogP) is 9.64. The molecule has 1 heterocycles. The SMILES string of the molecule is C=CCCC1CCC(c2ccc3cc(CCCCCCCCCCCC)oc(=O)c3c2F)CC1. The van der Waals surface area contributed by atoms with Gasteiger partial charge in [-0.2, -0.15) is 0 Å². The minimum Gasteiger partial charge on any atom is -0.427 e. The number of benzene rings is 1. The van der Waals surface area contributed by atoms with Gasteiger partial charge in [0, 0.05) is 6.42 Å². The van der Waals surface area contributed by atoms with Crippen molar-refractivity contribution in [2.24, 2.45) is 5.92 Å². The molecule has 2 nitrogen and oxygen atoms in total. The summed E-state index contributed by atoms with van der Waals surface area (Å²) in [6.45, 7) is 6.07. The van der Waals surface area contributed by atoms with Gasteiger partial charge in [0.15, 0.2) is 0 Å². The van der Waals surface area contributed by atoms with Gasteiger partial charge in [-0.1, -0.05) is 82.9 Å². The highest BCUT2D eigenvalue weighted by atomic mass is 19.1. The van der Waals surface area contributed by atoms with Crippen LogP contribution in [0.5, 0.6) is 0 Å². The van der Waals surface area contributed by atoms with Gasteiger partial charge < -0.3 is 4.42 Å². The molecule has 188 valence electrons. The average molecular weight is 469 g/mol. The highest BCUT2D eigenvalue weighted by Gasteiger charge is 2.25. The summed E-state index contributed by atoms with van der Waals surface area (Å²) < 4.78 is 20.9. The van der Waals surface area contributed by atoms with Crippen molar-refractivity contribution >= 4 is 10.8 Å². The molecule has 1 aliphatic rings. The van der Waals surface area contributed by atoms with Gasteiger partial charge in [-0.15, -0.1) is 6.58 Å². The molecule has 1 aromatic heterocycles. The molecule has 1 aromatic carbocycles. The van der Waals surface area contributed by atoms with Crippen LogP contribution < -0.4 is 5.63 Å². The zero-order valence-electron chi connectivity index (χ0n) is 21.4. The molecule has 0 radical (unpaired) electrons. The van der Waals surface area contributed by atoms with Crippen molar-refractivity contribution in [3.8, 4) is 0 Å². The van der Waals surface area contributed by atoms with Crippen LogP contribution in [0.3, 0.4) is 0 Å². The molecule has 0 bridgehead atoms. The third-order valence-electron chi connectivity index (χ3n) is 7.79. The third-order valence-corrected chi connectivity index (χ3v) is 7.79. The minimum absolute atomic E-state index is 0.137. The number of allylic oxidation sites excluding steroid dienone is 1. The Morgan fingerprint density at radius 3 is 2.26 bits per heavy atom. The van der Waals surface area contributed by atoms with Crippen molar-refractivity contribution in [1.29, 1.82) is 0 Å². The molecular weight excluding hydrogens is 423 g/mol. The van der Waals surface area contributed by atoms with E-state index in [4.69, 9.17) is 4.42 Å². The van der Waals surface area contributed by atoms with E-state index in [1.54, 1.807) is 0 Å². The number of fused-ring (bicyclic) bond motifs is 1. The van der Waals surface area contributed by atoms with Gasteiger partial charge in [0.1, 0.15) is 17.0 Å². The Morgan fingerprint density at radius 1 is 0.971 bits per heavy atom. The lowest BCUT2D eigenvalue weighted by Gasteiger charge is -2.29. The lowest BCUT2D eigenvalue weighted by atomic mass is 9.77. The predicted molar refractivity (Wildman–Crippen MR) is 142 cm³/mol. The molecule has 0 amide bonds. The largest absolute Gasteiger partial charge is 0.427 e. The molecule has 2 aromatic rings. The zero-order chi connectivity index (χ0) is 24.2. The molecule has 34 heavy (non-hydrogen) atoms. The molecule has 0 saturated heterocycles. The number of rotatable bonds is 15. The van der Waals surface area contributed by atoms with Crippen molar-refractivity contribution < 1.29 is 8.81 Å². The maximum Gasteiger partial charge on any atom is 0.346 e. The first-order valence-corrected chi connectivity index (χ1v) is 14.0. The van der Waals surface area contributed by atoms with Crippen LogP contribution >= 0.6 is 0 Å². The van der Waals surface area contributed by atoms with Crippen LogP contribution in [0.25, 0.3) is 10.8 Å². The van der Waals surface area contributed by atoms with Gasteiger partial charge in [-0.05, 0) is 73.8 Å². The fraction of sp³-hybridized carbons (Fsp3) is 0.645. The number of halogens is 1. The van der Waals surface area contributed by atoms with Crippen LogP contribution in [0.2, 0.25) is 0 Å². The summed E-state index contributed by atoms with van der Waals surface area (Å²) in [6.07, 6.45) is 22.0. The summed E-state index contributed by atoms with van der Waals surface area (Å²) in [5, 5.41) is 0.817. The lowest BCUT2D eigenvalue weighted by molar-refractivity contribution is 0.308. The van der Waals surface area contributed by atoms with E-state index in [9.17, 15) is 4.79 Å². The molecule has 0 aliphatic heterocycles. The second-order valence-corrected chi connectivity index (χ2v) is 10.4. The molecule has 3 heteroatoms. The molecule has 3 rings (SSSR count). The van der Waals surface area contributed by atoms with Crippen LogP contribution in [0.15, 0.2) is 40.1 Å². The Morgan fingerprint density at radius 2 is 1.62 bits per heavy atom. The molecule has 1 saturated carbocycles. The van der Waals surface area contributed by atoms with Crippen molar-refractivity contribution in [3.63, 3.8) is 0 Å². The number of aryl methyl sites for hydroxylation is 1. The Bertz CT molecular complexity index is 936. The molecule has 1 fully saturated rings. The summed E-state index contributed by atoms with van der Waals surface area (Å²) >= 11 is 0. The molecular formula is C31H45FO2. The van der Waals surface area contributed by atoms with Crippen LogP contribution in [0, 0.1) is 11.7 Å². The standard InChI is InChI=1S/C31H45FO2/c1-3-5-7-8-9-10-11-12-13-14-16-27-23-26-21-22-28(30(32)29(26)31(33)34-27)25-19-17-24(18-20-25)15-6-4-2/h4,21-25H,2-3,5-20H2,1H3. The maximum atomic E-state index is 15.4. The topological polar surface area (TPSA) is 30.2 Å². The van der Waals surface area contributed by atoms with E-state index in [0.29, 0.717) is 16.7 Å². The Kier molecular flexibility index (Phi) is 11.4. The van der Waals surface area contributed by atoms with Crippen molar-refractivity contribution in [2.45, 2.75) is 122 Å². The highest BCUT2D eigenvalue weighted by Crippen LogP contribution is 2.39. The Labute approximate surface area is 206 Å². The lowest BCUT2D eigenvalue weighted by Crippen LogP contribution is -2.15. The van der Waals surface area contributed by atoms with E-state index < -0.39 is 5.63 Å². The van der Waals surface area contributed by atoms with Crippen molar-refractivity contribution in [2.75, 3.05) is 0 Å². The maximum absolute atomic E-state index is 15.4. The van der Waals surface area contributed by atoms with E-state index in [1.807, 2.05) is 24.3 Å². The van der Waals surface area contributed by atoms with Crippen molar-refractivity contribution in [3.05, 3.63) is 58.4 Å². The van der Waals surface area contributed by atoms with E-state index in [1.165, 1.54) is 57.8 Å². The van der Waals surface area contributed by atoms with Crippen LogP contribution in [-0.4, -0.2) is 0 Å². The second-order valence-electron chi connectivity index (χ2n) is 10.4. The van der Waals surface area contributed by atoms with Crippen LogP contribution in [0.4, 0.5) is 4.39 Å². The first kappa shape index (κ1) is 26.7. The summed E-state index contributed by atoms with van der Waals surface area (Å²) in [4.78, 5) is 12.7. The van der Waals surface area contributed by atoms with E-state index in [2.05, 4.69) is 13.5 Å². The summed E-state index contributed by atoms with van der Waals surface area (Å²) in [5.41, 5.74) is 0.183. The molecule has 0 atom stereocenters. The van der Waals surface area contributed by atoms with Gasteiger partial charge in [0.05, 0.1) is 0 Å². The fourth-order valence-corrected chi connectivity index (χ4v) is 5.65. The molecule has 0 N–H and O–H groups in total. The van der Waals surface area contributed by atoms with Gasteiger partial charge >= 0.3 is 5.63 Å². The monoisotopic (exact) mass is 468 g/mol. The van der Waals surface area contributed by atoms with E-state index >= 15 is 4.39 Å². The first-order valence-electron chi connectivity index (χ1n) is 14.0. The van der Waals surface area contributed by atoms with Crippen LogP contribution in [0.1, 0.15) is 127 Å². The molecule has 1 aliphatic carbocycles. The number of hydrogen-bond acceptors (Lipinski definition) is 2. The zero-order valence-corrected chi connectivity index (χ0v) is 21.4. The molecule has 0 unspecified atom stereocenters. The molecule has 0 spiro atoms. The Balaban J connectivity index is 1.50. The fourth-order valence-electron chi connectivity index (χ4n) is 5.65. The number of unbranched alkanes of at least 4 members (excludes halogenated alkanes) is 9. The Hall–Kier alpha value is -1.90. The summed E-state index contributed by atoms with van der Waals surface area (Å²) in [5.74, 6) is 1.25. The second kappa shape index (κ2) is 14.5. The van der Waals surface area contributed by atoms with Crippen LogP contribution in [-0.2, 0) is 6.42 Å². The third kappa shape index (κ3) is 7.82. The minimum atomic E-state index is -0.515. The highest BCUT2D eigenvalue weighted by molar-refractivity contribution is 5.83. The quantitative estimate of drug-likeness (QED) is 0.192. The smallest absolute Gasteiger partial charge is 0.346 e. The van der Waals surface area contributed by atoms with Crippen molar-refractivity contribution in [1.82, 2.24) is 0 Å². The number of hydrogen-bond donors (Lipinski definition) is 0. The average Bonchev–Trinajstić information content (AvgIpc) is 2.84. The van der Waals surface area contributed by atoms with Gasteiger partial charge in [-0.25, -0.2) is 9.18 Å².